The van der Waals surface area contributed by atoms with Crippen molar-refractivity contribution in [1.29, 1.82) is 0 Å². The van der Waals surface area contributed by atoms with Gasteiger partial charge < -0.3 is 5.32 Å². The first-order valence-electron chi connectivity index (χ1n) is 10.2. The highest BCUT2D eigenvalue weighted by Crippen LogP contribution is 2.22. The molecule has 8 nitrogen and oxygen atoms in total. The van der Waals surface area contributed by atoms with E-state index in [0.717, 1.165) is 11.1 Å². The second-order valence-electron chi connectivity index (χ2n) is 7.73. The van der Waals surface area contributed by atoms with E-state index >= 15 is 0 Å². The summed E-state index contributed by atoms with van der Waals surface area (Å²) in [5.74, 6) is 0.930. The van der Waals surface area contributed by atoms with Crippen LogP contribution in [-0.4, -0.2) is 29.5 Å². The summed E-state index contributed by atoms with van der Waals surface area (Å²) in [6.07, 6.45) is 0. The number of rotatable bonds is 6. The van der Waals surface area contributed by atoms with Gasteiger partial charge in [-0.2, -0.15) is 5.10 Å². The lowest BCUT2D eigenvalue weighted by Gasteiger charge is -2.12. The van der Waals surface area contributed by atoms with Gasteiger partial charge in [0, 0.05) is 22.5 Å². The molecule has 1 heterocycles. The lowest BCUT2D eigenvalue weighted by atomic mass is 10.1. The molecule has 0 unspecified atom stereocenters. The minimum absolute atomic E-state index is 0.228. The van der Waals surface area contributed by atoms with Crippen molar-refractivity contribution in [2.45, 2.75) is 25.7 Å². The monoisotopic (exact) mass is 461 g/mol. The average molecular weight is 462 g/mol. The molecule has 3 N–H and O–H groups in total. The summed E-state index contributed by atoms with van der Waals surface area (Å²) in [6.45, 7) is 5.40. The van der Waals surface area contributed by atoms with Crippen LogP contribution < -0.4 is 10.0 Å². The standard InChI is InChI=1S/C24H23N5O3S/c1-15-7-8-16(2)22(13-15)33(31,32)29-20-11-9-18(10-12-20)24(30)26-21-6-4-5-19(14-21)23-25-17(3)27-28-23/h4-14,29H,1-3H3,(H,26,30)(H,25,27,28). The van der Waals surface area contributed by atoms with Gasteiger partial charge >= 0.3 is 0 Å². The fourth-order valence-electron chi connectivity index (χ4n) is 3.31. The summed E-state index contributed by atoms with van der Waals surface area (Å²) in [5.41, 5.74) is 3.65. The van der Waals surface area contributed by atoms with E-state index in [9.17, 15) is 13.2 Å². The number of amides is 1. The summed E-state index contributed by atoms with van der Waals surface area (Å²) in [7, 11) is -3.74. The van der Waals surface area contributed by atoms with E-state index in [0.29, 0.717) is 34.2 Å². The number of nitrogens with one attached hydrogen (secondary N) is 3. The smallest absolute Gasteiger partial charge is 0.262 e. The van der Waals surface area contributed by atoms with Gasteiger partial charge in [-0.25, -0.2) is 13.4 Å². The second kappa shape index (κ2) is 8.87. The molecule has 0 bridgehead atoms. The van der Waals surface area contributed by atoms with Gasteiger partial charge in [-0.15, -0.1) is 0 Å². The fraction of sp³-hybridized carbons (Fsp3) is 0.125. The molecule has 0 radical (unpaired) electrons. The van der Waals surface area contributed by atoms with Crippen LogP contribution in [-0.2, 0) is 10.0 Å². The maximum atomic E-state index is 12.8. The lowest BCUT2D eigenvalue weighted by molar-refractivity contribution is 0.102. The third kappa shape index (κ3) is 5.09. The summed E-state index contributed by atoms with van der Waals surface area (Å²) < 4.78 is 28.1. The molecule has 168 valence electrons. The van der Waals surface area contributed by atoms with Gasteiger partial charge in [0.25, 0.3) is 15.9 Å². The van der Waals surface area contributed by atoms with Crippen LogP contribution >= 0.6 is 0 Å². The SMILES string of the molecule is Cc1ccc(C)c(S(=O)(=O)Nc2ccc(C(=O)Nc3cccc(-c4n[nH]c(C)n4)c3)cc2)c1. The van der Waals surface area contributed by atoms with Crippen molar-refractivity contribution >= 4 is 27.3 Å². The molecule has 0 aliphatic rings. The highest BCUT2D eigenvalue weighted by atomic mass is 32.2. The third-order valence-corrected chi connectivity index (χ3v) is 6.53. The van der Waals surface area contributed by atoms with E-state index in [1.165, 1.54) is 0 Å². The van der Waals surface area contributed by atoms with Crippen LogP contribution in [0.3, 0.4) is 0 Å². The maximum Gasteiger partial charge on any atom is 0.262 e. The van der Waals surface area contributed by atoms with E-state index < -0.39 is 10.0 Å². The zero-order chi connectivity index (χ0) is 23.6. The van der Waals surface area contributed by atoms with E-state index in [4.69, 9.17) is 0 Å². The normalized spacial score (nSPS) is 11.2. The molecule has 0 aliphatic carbocycles. The van der Waals surface area contributed by atoms with Crippen LogP contribution in [0.25, 0.3) is 11.4 Å². The summed E-state index contributed by atoms with van der Waals surface area (Å²) in [4.78, 5) is 17.2. The number of anilines is 2. The van der Waals surface area contributed by atoms with Crippen molar-refractivity contribution in [3.63, 3.8) is 0 Å². The molecule has 33 heavy (non-hydrogen) atoms. The van der Waals surface area contributed by atoms with Gasteiger partial charge in [0.1, 0.15) is 5.82 Å². The van der Waals surface area contributed by atoms with Gasteiger partial charge in [-0.3, -0.25) is 14.6 Å². The Morgan fingerprint density at radius 1 is 0.909 bits per heavy atom. The van der Waals surface area contributed by atoms with Crippen molar-refractivity contribution < 1.29 is 13.2 Å². The maximum absolute atomic E-state index is 12.8. The number of carbonyl (C=O) groups is 1. The molecule has 0 saturated heterocycles. The Labute approximate surface area is 192 Å². The highest BCUT2D eigenvalue weighted by Gasteiger charge is 2.17. The first kappa shape index (κ1) is 22.2. The zero-order valence-electron chi connectivity index (χ0n) is 18.4. The van der Waals surface area contributed by atoms with Crippen molar-refractivity contribution in [2.75, 3.05) is 10.0 Å². The first-order chi connectivity index (χ1) is 15.7. The number of carbonyl (C=O) groups excluding carboxylic acids is 1. The number of benzene rings is 3. The number of nitrogens with zero attached hydrogens (tertiary/aromatic N) is 2. The van der Waals surface area contributed by atoms with Crippen LogP contribution in [0.1, 0.15) is 27.3 Å². The summed E-state index contributed by atoms with van der Waals surface area (Å²) in [5, 5.41) is 9.76. The van der Waals surface area contributed by atoms with E-state index in [1.54, 1.807) is 55.5 Å². The minimum atomic E-state index is -3.74. The van der Waals surface area contributed by atoms with Gasteiger partial charge in [0.05, 0.1) is 4.90 Å². The van der Waals surface area contributed by atoms with Gasteiger partial charge in [-0.1, -0.05) is 24.3 Å². The number of hydrogen-bond donors (Lipinski definition) is 3. The van der Waals surface area contributed by atoms with Crippen molar-refractivity contribution in [3.8, 4) is 11.4 Å². The molecule has 4 aromatic rings. The largest absolute Gasteiger partial charge is 0.322 e. The Kier molecular flexibility index (Phi) is 5.97. The first-order valence-corrected chi connectivity index (χ1v) is 11.7. The predicted molar refractivity (Wildman–Crippen MR) is 128 cm³/mol. The third-order valence-electron chi connectivity index (χ3n) is 5.01. The molecular formula is C24H23N5O3S. The molecule has 0 fully saturated rings. The Balaban J connectivity index is 1.47. The Morgan fingerprint density at radius 3 is 2.36 bits per heavy atom. The topological polar surface area (TPSA) is 117 Å². The number of aryl methyl sites for hydroxylation is 3. The van der Waals surface area contributed by atoms with Gasteiger partial charge in [0.2, 0.25) is 0 Å². The quantitative estimate of drug-likeness (QED) is 0.392. The predicted octanol–water partition coefficient (Wildman–Crippen LogP) is 4.45. The molecule has 4 rings (SSSR count). The van der Waals surface area contributed by atoms with Crippen LogP contribution in [0.4, 0.5) is 11.4 Å². The summed E-state index contributed by atoms with van der Waals surface area (Å²) >= 11 is 0. The van der Waals surface area contributed by atoms with Crippen LogP contribution in [0.5, 0.6) is 0 Å². The van der Waals surface area contributed by atoms with Crippen LogP contribution in [0.15, 0.2) is 71.6 Å². The van der Waals surface area contributed by atoms with Crippen LogP contribution in [0.2, 0.25) is 0 Å². The van der Waals surface area contributed by atoms with Crippen molar-refractivity contribution in [1.82, 2.24) is 15.2 Å². The van der Waals surface area contributed by atoms with Crippen LogP contribution in [0, 0.1) is 20.8 Å². The number of H-pyrrole nitrogens is 1. The fourth-order valence-corrected chi connectivity index (χ4v) is 4.70. The molecule has 0 atom stereocenters. The Morgan fingerprint density at radius 2 is 1.67 bits per heavy atom. The molecule has 0 saturated carbocycles. The van der Waals surface area contributed by atoms with Gasteiger partial charge in [0.15, 0.2) is 5.82 Å². The average Bonchev–Trinajstić information content (AvgIpc) is 3.22. The van der Waals surface area contributed by atoms with E-state index in [-0.39, 0.29) is 10.8 Å². The van der Waals surface area contributed by atoms with E-state index in [2.05, 4.69) is 25.2 Å². The molecular weight excluding hydrogens is 438 g/mol. The molecule has 1 aromatic heterocycles. The highest BCUT2D eigenvalue weighted by molar-refractivity contribution is 7.92. The zero-order valence-corrected chi connectivity index (χ0v) is 19.2. The number of sulfonamides is 1. The van der Waals surface area contributed by atoms with Crippen molar-refractivity contribution in [3.05, 3.63) is 89.2 Å². The van der Waals surface area contributed by atoms with E-state index in [1.807, 2.05) is 32.0 Å². The lowest BCUT2D eigenvalue weighted by Crippen LogP contribution is -2.15. The number of hydrogen-bond acceptors (Lipinski definition) is 5. The number of aromatic amines is 1. The van der Waals surface area contributed by atoms with Gasteiger partial charge in [-0.05, 0) is 74.4 Å². The Bertz CT molecular complexity index is 1430. The molecule has 1 amide bonds. The Hall–Kier alpha value is -3.98. The minimum Gasteiger partial charge on any atom is -0.322 e. The summed E-state index contributed by atoms with van der Waals surface area (Å²) in [6, 6.07) is 18.7. The van der Waals surface area contributed by atoms with Crippen molar-refractivity contribution in [2.24, 2.45) is 0 Å². The second-order valence-corrected chi connectivity index (χ2v) is 9.38. The molecule has 9 heteroatoms. The molecule has 3 aromatic carbocycles. The number of aromatic nitrogens is 3. The molecule has 0 aliphatic heterocycles. The molecule has 0 spiro atoms.